The lowest BCUT2D eigenvalue weighted by atomic mass is 10.7. The van der Waals surface area contributed by atoms with Crippen molar-refractivity contribution in [3.05, 3.63) is 0 Å². The van der Waals surface area contributed by atoms with Crippen LogP contribution in [-0.4, -0.2) is 24.2 Å². The van der Waals surface area contributed by atoms with E-state index < -0.39 is 11.9 Å². The quantitative estimate of drug-likeness (QED) is 0.485. The summed E-state index contributed by atoms with van der Waals surface area (Å²) in [6, 6.07) is 0. The second-order valence-corrected chi connectivity index (χ2v) is 1.54. The van der Waals surface area contributed by atoms with Crippen molar-refractivity contribution in [2.75, 3.05) is 7.11 Å². The van der Waals surface area contributed by atoms with Crippen LogP contribution >= 0.6 is 0 Å². The molecule has 0 saturated carbocycles. The maximum Gasteiger partial charge on any atom is 0.332 e. The van der Waals surface area contributed by atoms with Gasteiger partial charge >= 0.3 is 5.97 Å². The molecular weight excluding hydrogens is 138 g/mol. The number of hydroxylamine groups is 2. The molecule has 0 spiro atoms. The average Bonchev–Trinajstić information content (AvgIpc) is 1.81. The summed E-state index contributed by atoms with van der Waals surface area (Å²) in [7, 11) is 1.23. The number of carbonyl (C=O) groups is 2. The standard InChI is InChI=1S/C5H9NO4/c1-4(7)6(9-3)10-5(2)8/h1-3H3. The zero-order chi connectivity index (χ0) is 8.15. The number of rotatable bonds is 1. The van der Waals surface area contributed by atoms with Crippen LogP contribution in [0.4, 0.5) is 0 Å². The molecular formula is C5H9NO4. The highest BCUT2D eigenvalue weighted by atomic mass is 17.0. The zero-order valence-electron chi connectivity index (χ0n) is 6.08. The van der Waals surface area contributed by atoms with E-state index in [2.05, 4.69) is 9.68 Å². The van der Waals surface area contributed by atoms with Crippen LogP contribution in [0.2, 0.25) is 0 Å². The van der Waals surface area contributed by atoms with Gasteiger partial charge in [-0.2, -0.15) is 0 Å². The van der Waals surface area contributed by atoms with E-state index in [4.69, 9.17) is 0 Å². The lowest BCUT2D eigenvalue weighted by Gasteiger charge is -2.13. The van der Waals surface area contributed by atoms with E-state index in [0.717, 1.165) is 0 Å². The Morgan fingerprint density at radius 3 is 1.90 bits per heavy atom. The molecule has 5 nitrogen and oxygen atoms in total. The van der Waals surface area contributed by atoms with Crippen molar-refractivity contribution in [2.24, 2.45) is 0 Å². The fourth-order valence-corrected chi connectivity index (χ4v) is 0.347. The summed E-state index contributed by atoms with van der Waals surface area (Å²) in [5.41, 5.74) is 0. The van der Waals surface area contributed by atoms with Crippen molar-refractivity contribution in [2.45, 2.75) is 13.8 Å². The van der Waals surface area contributed by atoms with E-state index in [1.165, 1.54) is 21.0 Å². The maximum atomic E-state index is 10.4. The van der Waals surface area contributed by atoms with Crippen molar-refractivity contribution in [1.82, 2.24) is 5.23 Å². The fraction of sp³-hybridized carbons (Fsp3) is 0.600. The highest BCUT2D eigenvalue weighted by Crippen LogP contribution is 1.90. The van der Waals surface area contributed by atoms with Gasteiger partial charge in [0.15, 0.2) is 0 Å². The number of carbonyl (C=O) groups excluding carboxylic acids is 2. The van der Waals surface area contributed by atoms with Gasteiger partial charge in [0.2, 0.25) is 0 Å². The molecule has 58 valence electrons. The molecule has 0 aromatic rings. The van der Waals surface area contributed by atoms with Crippen LogP contribution in [0.5, 0.6) is 0 Å². The Bertz CT molecular complexity index is 145. The minimum Gasteiger partial charge on any atom is -0.312 e. The number of hydrogen-bond donors (Lipinski definition) is 0. The highest BCUT2D eigenvalue weighted by Gasteiger charge is 2.10. The Hall–Kier alpha value is -1.10. The van der Waals surface area contributed by atoms with Gasteiger partial charge in [-0.1, -0.05) is 0 Å². The molecule has 0 rings (SSSR count). The Balaban J connectivity index is 3.83. The predicted octanol–water partition coefficient (Wildman–Crippen LogP) is -0.126. The summed E-state index contributed by atoms with van der Waals surface area (Å²) in [4.78, 5) is 29.3. The van der Waals surface area contributed by atoms with Crippen molar-refractivity contribution >= 4 is 11.9 Å². The van der Waals surface area contributed by atoms with E-state index in [1.807, 2.05) is 0 Å². The molecule has 0 N–H and O–H groups in total. The third kappa shape index (κ3) is 3.03. The van der Waals surface area contributed by atoms with Crippen molar-refractivity contribution < 1.29 is 19.3 Å². The van der Waals surface area contributed by atoms with Gasteiger partial charge in [-0.05, 0) is 5.23 Å². The van der Waals surface area contributed by atoms with Crippen LogP contribution in [-0.2, 0) is 19.3 Å². The Morgan fingerprint density at radius 2 is 1.80 bits per heavy atom. The Kier molecular flexibility index (Phi) is 3.42. The lowest BCUT2D eigenvalue weighted by Crippen LogP contribution is -2.29. The summed E-state index contributed by atoms with van der Waals surface area (Å²) in [6.07, 6.45) is 0. The van der Waals surface area contributed by atoms with Gasteiger partial charge in [-0.15, -0.1) is 0 Å². The van der Waals surface area contributed by atoms with Crippen LogP contribution in [0.25, 0.3) is 0 Å². The zero-order valence-corrected chi connectivity index (χ0v) is 6.08. The fourth-order valence-electron chi connectivity index (χ4n) is 0.347. The molecule has 0 fully saturated rings. The monoisotopic (exact) mass is 147 g/mol. The number of nitrogens with zero attached hydrogens (tertiary/aromatic N) is 1. The molecule has 0 heterocycles. The van der Waals surface area contributed by atoms with Gasteiger partial charge in [0.05, 0.1) is 7.11 Å². The van der Waals surface area contributed by atoms with Crippen molar-refractivity contribution in [3.63, 3.8) is 0 Å². The molecule has 5 heteroatoms. The van der Waals surface area contributed by atoms with Gasteiger partial charge < -0.3 is 4.84 Å². The molecule has 0 aromatic heterocycles. The Morgan fingerprint density at radius 1 is 1.30 bits per heavy atom. The molecule has 0 atom stereocenters. The van der Waals surface area contributed by atoms with Gasteiger partial charge in [-0.3, -0.25) is 4.79 Å². The minimum atomic E-state index is -0.600. The van der Waals surface area contributed by atoms with Crippen LogP contribution in [0.1, 0.15) is 13.8 Å². The van der Waals surface area contributed by atoms with Crippen molar-refractivity contribution in [1.29, 1.82) is 0 Å². The molecule has 0 aromatic carbocycles. The van der Waals surface area contributed by atoms with E-state index in [9.17, 15) is 9.59 Å². The smallest absolute Gasteiger partial charge is 0.312 e. The molecule has 0 aliphatic heterocycles. The van der Waals surface area contributed by atoms with Gasteiger partial charge in [0.1, 0.15) is 0 Å². The SMILES string of the molecule is CON(OC(C)=O)C(C)=O. The second-order valence-electron chi connectivity index (χ2n) is 1.54. The Labute approximate surface area is 58.4 Å². The lowest BCUT2D eigenvalue weighted by molar-refractivity contribution is -0.309. The van der Waals surface area contributed by atoms with E-state index in [0.29, 0.717) is 5.23 Å². The molecule has 0 radical (unpaired) electrons. The summed E-state index contributed by atoms with van der Waals surface area (Å²) >= 11 is 0. The number of amides is 1. The largest absolute Gasteiger partial charge is 0.332 e. The molecule has 1 amide bonds. The average molecular weight is 147 g/mol. The summed E-state index contributed by atoms with van der Waals surface area (Å²) in [6.45, 7) is 2.39. The first-order chi connectivity index (χ1) is 4.57. The first kappa shape index (κ1) is 8.90. The van der Waals surface area contributed by atoms with E-state index >= 15 is 0 Å². The van der Waals surface area contributed by atoms with Crippen LogP contribution < -0.4 is 0 Å². The van der Waals surface area contributed by atoms with E-state index in [-0.39, 0.29) is 0 Å². The highest BCUT2D eigenvalue weighted by molar-refractivity contribution is 5.74. The molecule has 0 aliphatic carbocycles. The topological polar surface area (TPSA) is 55.8 Å². The summed E-state index contributed by atoms with van der Waals surface area (Å²) < 4.78 is 0. The first-order valence-corrected chi connectivity index (χ1v) is 2.61. The first-order valence-electron chi connectivity index (χ1n) is 2.61. The molecule has 0 bridgehead atoms. The third-order valence-electron chi connectivity index (χ3n) is 0.634. The number of hydrogen-bond acceptors (Lipinski definition) is 4. The van der Waals surface area contributed by atoms with Crippen LogP contribution in [0, 0.1) is 0 Å². The minimum absolute atomic E-state index is 0.488. The van der Waals surface area contributed by atoms with E-state index in [1.54, 1.807) is 0 Å². The molecule has 0 unspecified atom stereocenters. The van der Waals surface area contributed by atoms with Crippen LogP contribution in [0.15, 0.2) is 0 Å². The molecule has 0 aliphatic rings. The van der Waals surface area contributed by atoms with Crippen LogP contribution in [0.3, 0.4) is 0 Å². The predicted molar refractivity (Wildman–Crippen MR) is 31.3 cm³/mol. The van der Waals surface area contributed by atoms with Gasteiger partial charge in [0, 0.05) is 13.8 Å². The summed E-state index contributed by atoms with van der Waals surface area (Å²) in [5.74, 6) is -1.09. The maximum absolute atomic E-state index is 10.4. The van der Waals surface area contributed by atoms with Gasteiger partial charge in [-0.25, -0.2) is 9.63 Å². The molecule has 10 heavy (non-hydrogen) atoms. The molecule has 0 saturated heterocycles. The summed E-state index contributed by atoms with van der Waals surface area (Å²) in [5, 5.41) is 0.502. The van der Waals surface area contributed by atoms with Gasteiger partial charge in [0.25, 0.3) is 5.91 Å². The third-order valence-corrected chi connectivity index (χ3v) is 0.634. The second kappa shape index (κ2) is 3.84. The van der Waals surface area contributed by atoms with Crippen molar-refractivity contribution in [3.8, 4) is 0 Å². The normalized spacial score (nSPS) is 8.70.